The number of hydrogen-bond donors (Lipinski definition) is 8. The molecule has 0 heterocycles. The molecule has 0 amide bonds. The number of hydrogen-bond acceptors (Lipinski definition) is 8. The standard InChI is InChI=1S/C9H13N.C7H17N.C6H15N.C5H14N2.C5H13NO.C4H11N.4CH4/c10-8-4-7-9-5-2-1-3-6-9;1-7(2)5-3-4-6-8;1-2-3-4-5-6-7;1-2-7-5-3-4-6;6-4-2-1-3-5-7;1-2-3-4-5;;;;/h1-3,5-6H,4,7-8,10H2;7H,3-6,8H2,1-2H3;2-7H2,1H3;7H,2-6H2,1H3;7H,1-6H2;2-5H2,1H3;4*1H4. The highest BCUT2D eigenvalue weighted by molar-refractivity contribution is 5.14. The van der Waals surface area contributed by atoms with E-state index in [0.717, 1.165) is 96.8 Å². The Hall–Kier alpha value is -1.10. The summed E-state index contributed by atoms with van der Waals surface area (Å²) in [7, 11) is 0. The molecule has 14 N–H and O–H groups in total. The normalized spacial score (nSPS) is 8.77. The third-order valence-electron chi connectivity index (χ3n) is 6.03. The minimum absolute atomic E-state index is 0. The van der Waals surface area contributed by atoms with Gasteiger partial charge in [0.1, 0.15) is 0 Å². The Kier molecular flexibility index (Phi) is 109. The Labute approximate surface area is 305 Å². The van der Waals surface area contributed by atoms with Crippen molar-refractivity contribution >= 4 is 0 Å². The van der Waals surface area contributed by atoms with Gasteiger partial charge in [0.25, 0.3) is 0 Å². The van der Waals surface area contributed by atoms with Crippen molar-refractivity contribution in [2.75, 3.05) is 59.0 Å². The predicted octanol–water partition coefficient (Wildman–Crippen LogP) is 8.22. The van der Waals surface area contributed by atoms with Crippen molar-refractivity contribution in [3.63, 3.8) is 0 Å². The van der Waals surface area contributed by atoms with Crippen LogP contribution < -0.4 is 39.7 Å². The van der Waals surface area contributed by atoms with E-state index >= 15 is 0 Å². The molecule has 0 atom stereocenters. The molecule has 8 nitrogen and oxygen atoms in total. The van der Waals surface area contributed by atoms with E-state index in [2.05, 4.69) is 64.2 Å². The van der Waals surface area contributed by atoms with Crippen LogP contribution in [-0.4, -0.2) is 64.1 Å². The molecule has 0 aromatic heterocycles. The summed E-state index contributed by atoms with van der Waals surface area (Å²) < 4.78 is 0. The first-order chi connectivity index (χ1) is 21.4. The average molecular weight is 694 g/mol. The first-order valence-corrected chi connectivity index (χ1v) is 17.9. The van der Waals surface area contributed by atoms with Gasteiger partial charge in [0.2, 0.25) is 0 Å². The molecule has 0 aliphatic heterocycles. The van der Waals surface area contributed by atoms with Gasteiger partial charge in [-0.25, -0.2) is 0 Å². The van der Waals surface area contributed by atoms with Crippen LogP contribution in [0.2, 0.25) is 0 Å². The van der Waals surface area contributed by atoms with E-state index in [1.165, 1.54) is 63.4 Å². The number of benzene rings is 1. The number of nitrogens with two attached hydrogens (primary N) is 6. The minimum Gasteiger partial charge on any atom is -0.396 e. The van der Waals surface area contributed by atoms with E-state index < -0.39 is 0 Å². The molecule has 1 rings (SSSR count). The van der Waals surface area contributed by atoms with Crippen LogP contribution in [0.15, 0.2) is 30.3 Å². The van der Waals surface area contributed by atoms with E-state index in [1.54, 1.807) is 0 Å². The van der Waals surface area contributed by atoms with Crippen molar-refractivity contribution < 1.29 is 5.11 Å². The molecule has 0 unspecified atom stereocenters. The molecular formula is C40H99N7O. The number of aliphatic hydroxyl groups excluding tert-OH is 1. The lowest BCUT2D eigenvalue weighted by Gasteiger charge is -2.00. The lowest BCUT2D eigenvalue weighted by molar-refractivity contribution is 0.283. The van der Waals surface area contributed by atoms with Crippen LogP contribution in [-0.2, 0) is 6.42 Å². The van der Waals surface area contributed by atoms with Crippen LogP contribution in [0.25, 0.3) is 0 Å². The number of unbranched alkanes of at least 4 members (excludes halogenated alkanes) is 7. The van der Waals surface area contributed by atoms with Gasteiger partial charge in [-0.3, -0.25) is 0 Å². The highest BCUT2D eigenvalue weighted by Crippen LogP contribution is 2.04. The summed E-state index contributed by atoms with van der Waals surface area (Å²) in [6, 6.07) is 10.4. The van der Waals surface area contributed by atoms with Crippen LogP contribution in [0, 0.1) is 5.92 Å². The Morgan fingerprint density at radius 3 is 1.33 bits per heavy atom. The molecule has 8 heteroatoms. The van der Waals surface area contributed by atoms with Gasteiger partial charge in [-0.15, -0.1) is 0 Å². The van der Waals surface area contributed by atoms with Crippen molar-refractivity contribution in [3.8, 4) is 0 Å². The first kappa shape index (κ1) is 68.8. The van der Waals surface area contributed by atoms with Crippen LogP contribution in [0.5, 0.6) is 0 Å². The summed E-state index contributed by atoms with van der Waals surface area (Å²) in [6.07, 6.45) is 17.7. The fourth-order valence-corrected chi connectivity index (χ4v) is 3.26. The highest BCUT2D eigenvalue weighted by Gasteiger charge is 1.91. The lowest BCUT2D eigenvalue weighted by Crippen LogP contribution is -2.17. The quantitative estimate of drug-likeness (QED) is 0.0591. The van der Waals surface area contributed by atoms with Gasteiger partial charge in [-0.1, -0.05) is 133 Å². The van der Waals surface area contributed by atoms with Gasteiger partial charge in [-0.05, 0) is 122 Å². The largest absolute Gasteiger partial charge is 0.396 e. The number of aryl methyl sites for hydroxylation is 1. The van der Waals surface area contributed by atoms with Gasteiger partial charge >= 0.3 is 0 Å². The smallest absolute Gasteiger partial charge is 0.0431 e. The van der Waals surface area contributed by atoms with Crippen molar-refractivity contribution in [1.29, 1.82) is 0 Å². The van der Waals surface area contributed by atoms with Gasteiger partial charge in [0.15, 0.2) is 0 Å². The fourth-order valence-electron chi connectivity index (χ4n) is 3.26. The van der Waals surface area contributed by atoms with Crippen molar-refractivity contribution in [1.82, 2.24) is 5.32 Å². The van der Waals surface area contributed by atoms with Crippen LogP contribution >= 0.6 is 0 Å². The third kappa shape index (κ3) is 96.8. The van der Waals surface area contributed by atoms with E-state index in [1.807, 2.05) is 6.07 Å². The maximum absolute atomic E-state index is 8.25. The molecule has 0 saturated carbocycles. The Balaban J connectivity index is -0.0000000541. The second-order valence-electron chi connectivity index (χ2n) is 11.1. The fraction of sp³-hybridized carbons (Fsp3) is 0.850. The van der Waals surface area contributed by atoms with Crippen LogP contribution in [0.1, 0.15) is 160 Å². The molecule has 0 aliphatic rings. The highest BCUT2D eigenvalue weighted by atomic mass is 16.2. The maximum atomic E-state index is 8.25. The zero-order valence-corrected chi connectivity index (χ0v) is 30.3. The van der Waals surface area contributed by atoms with E-state index in [4.69, 9.17) is 39.5 Å². The third-order valence-corrected chi connectivity index (χ3v) is 6.03. The van der Waals surface area contributed by atoms with Gasteiger partial charge in [0, 0.05) is 6.61 Å². The molecule has 0 radical (unpaired) electrons. The summed E-state index contributed by atoms with van der Waals surface area (Å²) in [5.41, 5.74) is 32.9. The van der Waals surface area contributed by atoms with Crippen LogP contribution in [0.4, 0.5) is 0 Å². The topological polar surface area (TPSA) is 188 Å². The molecule has 0 fully saturated rings. The average Bonchev–Trinajstić information content (AvgIpc) is 3.03. The molecule has 300 valence electrons. The molecule has 0 aliphatic carbocycles. The van der Waals surface area contributed by atoms with E-state index in [0.29, 0.717) is 6.61 Å². The predicted molar refractivity (Wildman–Crippen MR) is 228 cm³/mol. The molecule has 1 aromatic rings. The zero-order chi connectivity index (χ0) is 34.4. The molecule has 1 aromatic carbocycles. The summed E-state index contributed by atoms with van der Waals surface area (Å²) in [5, 5.41) is 11.4. The summed E-state index contributed by atoms with van der Waals surface area (Å²) in [4.78, 5) is 0. The van der Waals surface area contributed by atoms with Gasteiger partial charge in [-0.2, -0.15) is 0 Å². The summed E-state index contributed by atoms with van der Waals surface area (Å²) in [6.45, 7) is 18.2. The molecule has 0 spiro atoms. The summed E-state index contributed by atoms with van der Waals surface area (Å²) in [5.74, 6) is 0.849. The first-order valence-electron chi connectivity index (χ1n) is 17.9. The van der Waals surface area contributed by atoms with E-state index in [-0.39, 0.29) is 29.7 Å². The number of rotatable bonds is 21. The number of aliphatic hydroxyl groups is 1. The molecule has 0 saturated heterocycles. The Morgan fingerprint density at radius 2 is 0.979 bits per heavy atom. The molecule has 48 heavy (non-hydrogen) atoms. The van der Waals surface area contributed by atoms with E-state index in [9.17, 15) is 0 Å². The Morgan fingerprint density at radius 1 is 0.542 bits per heavy atom. The molecular weight excluding hydrogens is 594 g/mol. The SMILES string of the molecule is C.C.C.C.CC(C)CCCCN.CCCCCCN.CCCCN.CCNCCCN.NCCCCCO.NCCCc1ccccc1. The summed E-state index contributed by atoms with van der Waals surface area (Å²) >= 11 is 0. The van der Waals surface area contributed by atoms with Gasteiger partial charge < -0.3 is 44.8 Å². The Bertz CT molecular complexity index is 486. The minimum atomic E-state index is 0. The molecule has 0 bridgehead atoms. The van der Waals surface area contributed by atoms with Crippen molar-refractivity contribution in [2.24, 2.45) is 40.3 Å². The van der Waals surface area contributed by atoms with Gasteiger partial charge in [0.05, 0.1) is 0 Å². The monoisotopic (exact) mass is 694 g/mol. The number of nitrogens with one attached hydrogen (secondary N) is 1. The second-order valence-corrected chi connectivity index (χ2v) is 11.1. The maximum Gasteiger partial charge on any atom is 0.0431 e. The van der Waals surface area contributed by atoms with Crippen molar-refractivity contribution in [2.45, 2.75) is 161 Å². The zero-order valence-electron chi connectivity index (χ0n) is 30.3. The lowest BCUT2D eigenvalue weighted by atomic mass is 10.1. The van der Waals surface area contributed by atoms with Crippen LogP contribution in [0.3, 0.4) is 0 Å². The van der Waals surface area contributed by atoms with Crippen molar-refractivity contribution in [3.05, 3.63) is 35.9 Å². The second kappa shape index (κ2) is 76.0.